The van der Waals surface area contributed by atoms with Crippen LogP contribution >= 0.6 is 0 Å². The molecule has 4 heteroatoms. The van der Waals surface area contributed by atoms with Crippen LogP contribution in [0.2, 0.25) is 0 Å². The van der Waals surface area contributed by atoms with Crippen LogP contribution in [-0.2, 0) is 9.31 Å². The lowest BCUT2D eigenvalue weighted by molar-refractivity contribution is 0.00578. The Morgan fingerprint density at radius 1 is 0.524 bits per heavy atom. The highest BCUT2D eigenvalue weighted by molar-refractivity contribution is 6.62. The van der Waals surface area contributed by atoms with Gasteiger partial charge in [0.15, 0.2) is 0 Å². The molecule has 0 aliphatic carbocycles. The van der Waals surface area contributed by atoms with Crippen LogP contribution in [0.15, 0.2) is 120 Å². The van der Waals surface area contributed by atoms with Crippen molar-refractivity contribution in [1.29, 1.82) is 0 Å². The van der Waals surface area contributed by atoms with E-state index in [4.69, 9.17) is 13.7 Å². The minimum Gasteiger partial charge on any atom is -0.455 e. The molecule has 0 spiro atoms. The van der Waals surface area contributed by atoms with E-state index in [9.17, 15) is 0 Å². The Bertz CT molecular complexity index is 2140. The number of hydrogen-bond donors (Lipinski definition) is 0. The maximum atomic E-state index is 6.77. The third-order valence-corrected chi connectivity index (χ3v) is 9.25. The Labute approximate surface area is 245 Å². The van der Waals surface area contributed by atoms with Crippen molar-refractivity contribution in [2.24, 2.45) is 0 Å². The second-order valence-electron chi connectivity index (χ2n) is 12.4. The van der Waals surface area contributed by atoms with E-state index in [1.165, 1.54) is 21.5 Å². The summed E-state index contributed by atoms with van der Waals surface area (Å²) in [6, 6.07) is 40.9. The molecule has 8 rings (SSSR count). The minimum atomic E-state index is -0.479. The van der Waals surface area contributed by atoms with Crippen molar-refractivity contribution in [2.75, 3.05) is 0 Å². The Hall–Kier alpha value is -4.38. The highest BCUT2D eigenvalue weighted by Gasteiger charge is 2.51. The number of furan rings is 1. The van der Waals surface area contributed by atoms with Gasteiger partial charge in [0.1, 0.15) is 11.2 Å². The number of rotatable bonds is 3. The molecule has 1 saturated heterocycles. The molecular formula is C38H31BO3. The predicted molar refractivity (Wildman–Crippen MR) is 175 cm³/mol. The van der Waals surface area contributed by atoms with E-state index in [2.05, 4.69) is 137 Å². The van der Waals surface area contributed by atoms with Crippen molar-refractivity contribution in [1.82, 2.24) is 0 Å². The normalized spacial score (nSPS) is 16.2. The van der Waals surface area contributed by atoms with Gasteiger partial charge < -0.3 is 13.7 Å². The Morgan fingerprint density at radius 3 is 1.88 bits per heavy atom. The van der Waals surface area contributed by atoms with E-state index in [1.807, 2.05) is 6.07 Å². The zero-order valence-corrected chi connectivity index (χ0v) is 24.3. The van der Waals surface area contributed by atoms with Crippen LogP contribution in [0.25, 0.3) is 65.7 Å². The molecule has 0 bridgehead atoms. The van der Waals surface area contributed by atoms with Gasteiger partial charge in [-0.1, -0.05) is 97.1 Å². The summed E-state index contributed by atoms with van der Waals surface area (Å²) in [6.07, 6.45) is 0. The highest BCUT2D eigenvalue weighted by Crippen LogP contribution is 2.44. The van der Waals surface area contributed by atoms with Gasteiger partial charge in [0.2, 0.25) is 0 Å². The average Bonchev–Trinajstić information content (AvgIpc) is 3.51. The topological polar surface area (TPSA) is 31.6 Å². The van der Waals surface area contributed by atoms with E-state index in [0.717, 1.165) is 49.7 Å². The largest absolute Gasteiger partial charge is 0.494 e. The van der Waals surface area contributed by atoms with Crippen LogP contribution < -0.4 is 5.46 Å². The van der Waals surface area contributed by atoms with Crippen molar-refractivity contribution >= 4 is 56.1 Å². The molecule has 0 radical (unpaired) electrons. The molecule has 1 fully saturated rings. The summed E-state index contributed by atoms with van der Waals surface area (Å²) in [4.78, 5) is 0. The van der Waals surface area contributed by atoms with E-state index in [0.29, 0.717) is 0 Å². The second kappa shape index (κ2) is 9.06. The molecule has 0 atom stereocenters. The molecule has 6 aromatic carbocycles. The van der Waals surface area contributed by atoms with E-state index in [-0.39, 0.29) is 0 Å². The molecule has 2 heterocycles. The van der Waals surface area contributed by atoms with Crippen LogP contribution in [0.1, 0.15) is 27.7 Å². The zero-order valence-electron chi connectivity index (χ0n) is 24.3. The van der Waals surface area contributed by atoms with Crippen molar-refractivity contribution in [2.45, 2.75) is 38.9 Å². The molecule has 0 N–H and O–H groups in total. The average molecular weight is 546 g/mol. The second-order valence-corrected chi connectivity index (χ2v) is 12.4. The number of benzene rings is 6. The van der Waals surface area contributed by atoms with Gasteiger partial charge in [-0.15, -0.1) is 0 Å². The van der Waals surface area contributed by atoms with Crippen LogP contribution in [0.5, 0.6) is 0 Å². The SMILES string of the molecule is CC1(C)OB(c2cc(-c3ccccc3)cc(-c3cc4ccccc4c4c3oc3ccc5ccccc5c34)c2)OC1(C)C. The van der Waals surface area contributed by atoms with Gasteiger partial charge in [0, 0.05) is 16.3 Å². The summed E-state index contributed by atoms with van der Waals surface area (Å²) in [6.45, 7) is 8.39. The van der Waals surface area contributed by atoms with Gasteiger partial charge in [0.05, 0.1) is 11.2 Å². The predicted octanol–water partition coefficient (Wildman–Crippen LogP) is 9.53. The molecule has 1 aromatic heterocycles. The van der Waals surface area contributed by atoms with Gasteiger partial charge >= 0.3 is 7.12 Å². The third-order valence-electron chi connectivity index (χ3n) is 9.25. The molecule has 0 amide bonds. The third kappa shape index (κ3) is 3.83. The zero-order chi connectivity index (χ0) is 28.6. The van der Waals surface area contributed by atoms with E-state index < -0.39 is 18.3 Å². The van der Waals surface area contributed by atoms with Gasteiger partial charge in [-0.05, 0) is 89.6 Å². The first-order valence-corrected chi connectivity index (χ1v) is 14.6. The first kappa shape index (κ1) is 25.3. The molecule has 1 aliphatic heterocycles. The maximum absolute atomic E-state index is 6.77. The summed E-state index contributed by atoms with van der Waals surface area (Å²) in [5.41, 5.74) is 6.29. The quantitative estimate of drug-likeness (QED) is 0.207. The lowest BCUT2D eigenvalue weighted by Crippen LogP contribution is -2.41. The fourth-order valence-corrected chi connectivity index (χ4v) is 6.32. The van der Waals surface area contributed by atoms with Gasteiger partial charge in [-0.25, -0.2) is 0 Å². The standard InChI is InChI=1S/C38H31BO3/c1-37(2)38(3,4)42-39(41-37)29-21-27(24-12-6-5-7-13-24)20-28(22-29)32-23-26-15-9-11-17-31(26)35-34-30-16-10-8-14-25(30)18-19-33(34)40-36(32)35/h5-23H,1-4H3. The maximum Gasteiger partial charge on any atom is 0.494 e. The van der Waals surface area contributed by atoms with Crippen molar-refractivity contribution in [3.63, 3.8) is 0 Å². The lowest BCUT2D eigenvalue weighted by Gasteiger charge is -2.32. The first-order chi connectivity index (χ1) is 20.3. The Kier molecular flexibility index (Phi) is 5.47. The first-order valence-electron chi connectivity index (χ1n) is 14.6. The molecule has 0 saturated carbocycles. The van der Waals surface area contributed by atoms with Crippen LogP contribution in [-0.4, -0.2) is 18.3 Å². The molecule has 7 aromatic rings. The fourth-order valence-electron chi connectivity index (χ4n) is 6.32. The molecule has 204 valence electrons. The molecule has 1 aliphatic rings. The van der Waals surface area contributed by atoms with Crippen LogP contribution in [0.3, 0.4) is 0 Å². The summed E-state index contributed by atoms with van der Waals surface area (Å²) >= 11 is 0. The fraction of sp³-hybridized carbons (Fsp3) is 0.158. The molecule has 0 unspecified atom stereocenters. The highest BCUT2D eigenvalue weighted by atomic mass is 16.7. The monoisotopic (exact) mass is 546 g/mol. The minimum absolute atomic E-state index is 0.434. The van der Waals surface area contributed by atoms with Crippen molar-refractivity contribution < 1.29 is 13.7 Å². The summed E-state index contributed by atoms with van der Waals surface area (Å²) in [5, 5.41) is 7.08. The summed E-state index contributed by atoms with van der Waals surface area (Å²) in [7, 11) is -0.479. The summed E-state index contributed by atoms with van der Waals surface area (Å²) in [5.74, 6) is 0. The van der Waals surface area contributed by atoms with Gasteiger partial charge in [-0.3, -0.25) is 0 Å². The smallest absolute Gasteiger partial charge is 0.455 e. The van der Waals surface area contributed by atoms with Gasteiger partial charge in [0.25, 0.3) is 0 Å². The number of hydrogen-bond acceptors (Lipinski definition) is 3. The number of fused-ring (bicyclic) bond motifs is 7. The Balaban J connectivity index is 1.44. The molecular weight excluding hydrogens is 515 g/mol. The van der Waals surface area contributed by atoms with Crippen LogP contribution in [0, 0.1) is 0 Å². The summed E-state index contributed by atoms with van der Waals surface area (Å²) < 4.78 is 19.8. The Morgan fingerprint density at radius 2 is 1.14 bits per heavy atom. The van der Waals surface area contributed by atoms with Crippen molar-refractivity contribution in [3.8, 4) is 22.3 Å². The molecule has 42 heavy (non-hydrogen) atoms. The van der Waals surface area contributed by atoms with Crippen LogP contribution in [0.4, 0.5) is 0 Å². The van der Waals surface area contributed by atoms with Crippen molar-refractivity contribution in [3.05, 3.63) is 115 Å². The molecule has 3 nitrogen and oxygen atoms in total. The van der Waals surface area contributed by atoms with Gasteiger partial charge in [-0.2, -0.15) is 0 Å². The lowest BCUT2D eigenvalue weighted by atomic mass is 9.76. The van der Waals surface area contributed by atoms with E-state index >= 15 is 0 Å². The van der Waals surface area contributed by atoms with E-state index in [1.54, 1.807) is 0 Å².